The second-order valence-corrected chi connectivity index (χ2v) is 7.51. The van der Waals surface area contributed by atoms with Crippen molar-refractivity contribution in [2.24, 2.45) is 0 Å². The number of hydrogen-bond acceptors (Lipinski definition) is 7. The summed E-state index contributed by atoms with van der Waals surface area (Å²) >= 11 is 0. The van der Waals surface area contributed by atoms with Gasteiger partial charge in [0.1, 0.15) is 12.6 Å². The van der Waals surface area contributed by atoms with Crippen LogP contribution >= 0.6 is 0 Å². The first kappa shape index (κ1) is 21.5. The van der Waals surface area contributed by atoms with Crippen LogP contribution in [0, 0.1) is 0 Å². The number of hydrogen-bond donors (Lipinski definition) is 2. The van der Waals surface area contributed by atoms with E-state index in [1.54, 1.807) is 0 Å². The molecule has 3 aromatic rings. The lowest BCUT2D eigenvalue weighted by atomic mass is 10.2. The lowest BCUT2D eigenvalue weighted by molar-refractivity contribution is -0.125. The van der Waals surface area contributed by atoms with E-state index < -0.39 is 18.2 Å². The molecule has 2 N–H and O–H groups in total. The zero-order valence-electron chi connectivity index (χ0n) is 17.4. The summed E-state index contributed by atoms with van der Waals surface area (Å²) in [5.74, 6) is 0.453. The summed E-state index contributed by atoms with van der Waals surface area (Å²) in [6.45, 7) is 0.409. The average Bonchev–Trinajstić information content (AvgIpc) is 3.45. The van der Waals surface area contributed by atoms with Crippen LogP contribution in [-0.2, 0) is 22.6 Å². The van der Waals surface area contributed by atoms with Crippen molar-refractivity contribution in [1.29, 1.82) is 0 Å². The molecule has 2 atom stereocenters. The minimum atomic E-state index is -0.796. The molecule has 2 heterocycles. The van der Waals surface area contributed by atoms with Gasteiger partial charge in [-0.25, -0.2) is 4.79 Å². The summed E-state index contributed by atoms with van der Waals surface area (Å²) in [6, 6.07) is 17.9. The molecule has 9 nitrogen and oxygen atoms in total. The molecule has 4 rings (SSSR count). The van der Waals surface area contributed by atoms with Gasteiger partial charge in [0.25, 0.3) is 0 Å². The van der Waals surface area contributed by atoms with E-state index in [0.29, 0.717) is 18.2 Å². The van der Waals surface area contributed by atoms with E-state index in [1.807, 2.05) is 60.7 Å². The maximum absolute atomic E-state index is 12.7. The Bertz CT molecular complexity index is 1040. The minimum Gasteiger partial charge on any atom is -0.445 e. The third-order valence-electron chi connectivity index (χ3n) is 5.15. The number of carbonyl (C=O) groups is 2. The number of benzene rings is 2. The van der Waals surface area contributed by atoms with Crippen LogP contribution in [0.15, 0.2) is 65.1 Å². The first-order valence-corrected chi connectivity index (χ1v) is 10.4. The highest BCUT2D eigenvalue weighted by Crippen LogP contribution is 2.20. The molecule has 1 saturated heterocycles. The van der Waals surface area contributed by atoms with E-state index >= 15 is 0 Å². The van der Waals surface area contributed by atoms with Crippen molar-refractivity contribution in [3.8, 4) is 11.5 Å². The molecule has 1 aliphatic rings. The van der Waals surface area contributed by atoms with E-state index in [9.17, 15) is 14.7 Å². The Hall–Kier alpha value is -3.72. The number of rotatable bonds is 7. The topological polar surface area (TPSA) is 118 Å². The second kappa shape index (κ2) is 10.1. The predicted molar refractivity (Wildman–Crippen MR) is 114 cm³/mol. The molecule has 0 bridgehead atoms. The summed E-state index contributed by atoms with van der Waals surface area (Å²) in [6.07, 6.45) is -0.904. The number of aliphatic hydroxyl groups is 1. The van der Waals surface area contributed by atoms with Crippen molar-refractivity contribution in [1.82, 2.24) is 20.4 Å². The normalized spacial score (nSPS) is 17.8. The Balaban J connectivity index is 1.28. The molecule has 166 valence electrons. The first-order chi connectivity index (χ1) is 15.6. The molecule has 0 aliphatic carbocycles. The number of aliphatic hydroxyl groups excluding tert-OH is 1. The Morgan fingerprint density at radius 3 is 2.56 bits per heavy atom. The Labute approximate surface area is 185 Å². The van der Waals surface area contributed by atoms with E-state index in [2.05, 4.69) is 15.5 Å². The minimum absolute atomic E-state index is 0.0514. The van der Waals surface area contributed by atoms with Crippen LogP contribution in [0.5, 0.6) is 0 Å². The maximum atomic E-state index is 12.7. The molecule has 0 radical (unpaired) electrons. The average molecular weight is 436 g/mol. The number of nitrogens with one attached hydrogen (secondary N) is 1. The molecular weight excluding hydrogens is 412 g/mol. The Kier molecular flexibility index (Phi) is 6.76. The molecular formula is C23H24N4O5. The summed E-state index contributed by atoms with van der Waals surface area (Å²) in [7, 11) is 0. The van der Waals surface area contributed by atoms with Gasteiger partial charge in [-0.2, -0.15) is 0 Å². The lowest BCUT2D eigenvalue weighted by Crippen LogP contribution is -2.46. The number of amides is 2. The van der Waals surface area contributed by atoms with Crippen molar-refractivity contribution >= 4 is 12.0 Å². The maximum Gasteiger partial charge on any atom is 0.410 e. The number of ether oxygens (including phenoxy) is 1. The summed E-state index contributed by atoms with van der Waals surface area (Å²) < 4.78 is 11.0. The van der Waals surface area contributed by atoms with Crippen LogP contribution in [-0.4, -0.2) is 57.4 Å². The van der Waals surface area contributed by atoms with Crippen LogP contribution in [0.2, 0.25) is 0 Å². The SMILES string of the molecule is O=C(NCCc1nnc(-c2ccccc2)o1)[C@@H]1C[C@@H](O)CN1C(=O)OCc1ccccc1. The standard InChI is InChI=1S/C23H24N4O5/c28-18-13-19(27(14-18)23(30)31-15-16-7-3-1-4-8-16)21(29)24-12-11-20-25-26-22(32-20)17-9-5-2-6-10-17/h1-10,18-19,28H,11-15H2,(H,24,29)/t18-,19+/m1/s1. The molecule has 0 unspecified atom stereocenters. The number of carbonyl (C=O) groups excluding carboxylic acids is 2. The highest BCUT2D eigenvalue weighted by Gasteiger charge is 2.39. The summed E-state index contributed by atoms with van der Waals surface area (Å²) in [4.78, 5) is 26.4. The molecule has 1 aliphatic heterocycles. The molecule has 0 saturated carbocycles. The zero-order valence-corrected chi connectivity index (χ0v) is 17.4. The van der Waals surface area contributed by atoms with Gasteiger partial charge in [-0.3, -0.25) is 9.69 Å². The summed E-state index contributed by atoms with van der Waals surface area (Å²) in [5.41, 5.74) is 1.66. The van der Waals surface area contributed by atoms with Crippen molar-refractivity contribution in [3.63, 3.8) is 0 Å². The van der Waals surface area contributed by atoms with Crippen LogP contribution in [0.3, 0.4) is 0 Å². The van der Waals surface area contributed by atoms with E-state index in [4.69, 9.17) is 9.15 Å². The summed E-state index contributed by atoms with van der Waals surface area (Å²) in [5, 5.41) is 20.8. The molecule has 32 heavy (non-hydrogen) atoms. The van der Waals surface area contributed by atoms with E-state index in [1.165, 1.54) is 4.90 Å². The molecule has 2 aromatic carbocycles. The van der Waals surface area contributed by atoms with Gasteiger partial charge in [0.05, 0.1) is 12.6 Å². The Morgan fingerprint density at radius 1 is 1.09 bits per heavy atom. The number of likely N-dealkylation sites (tertiary alicyclic amines) is 1. The monoisotopic (exact) mass is 436 g/mol. The fourth-order valence-electron chi connectivity index (χ4n) is 3.53. The van der Waals surface area contributed by atoms with Crippen molar-refractivity contribution < 1.29 is 23.8 Å². The van der Waals surface area contributed by atoms with Crippen molar-refractivity contribution in [3.05, 3.63) is 72.1 Å². The highest BCUT2D eigenvalue weighted by atomic mass is 16.6. The van der Waals surface area contributed by atoms with Gasteiger partial charge in [0.2, 0.25) is 17.7 Å². The smallest absolute Gasteiger partial charge is 0.410 e. The second-order valence-electron chi connectivity index (χ2n) is 7.51. The fraction of sp³-hybridized carbons (Fsp3) is 0.304. The Morgan fingerprint density at radius 2 is 1.81 bits per heavy atom. The number of aromatic nitrogens is 2. The van der Waals surface area contributed by atoms with Gasteiger partial charge in [-0.1, -0.05) is 48.5 Å². The van der Waals surface area contributed by atoms with Crippen molar-refractivity contribution in [2.45, 2.75) is 31.6 Å². The van der Waals surface area contributed by atoms with Gasteiger partial charge in [-0.05, 0) is 17.7 Å². The van der Waals surface area contributed by atoms with Gasteiger partial charge < -0.3 is 19.6 Å². The molecule has 2 amide bonds. The van der Waals surface area contributed by atoms with Crippen LogP contribution in [0.1, 0.15) is 17.9 Å². The largest absolute Gasteiger partial charge is 0.445 e. The fourth-order valence-corrected chi connectivity index (χ4v) is 3.53. The van der Waals surface area contributed by atoms with Gasteiger partial charge >= 0.3 is 6.09 Å². The number of β-amino-alcohol motifs (C(OH)–C–C–N with tert-alkyl or cyclic N) is 1. The third-order valence-corrected chi connectivity index (χ3v) is 5.15. The third kappa shape index (κ3) is 5.30. The van der Waals surface area contributed by atoms with Crippen LogP contribution in [0.25, 0.3) is 11.5 Å². The van der Waals surface area contributed by atoms with E-state index in [0.717, 1.165) is 11.1 Å². The van der Waals surface area contributed by atoms with Gasteiger partial charge in [0.15, 0.2) is 0 Å². The van der Waals surface area contributed by atoms with E-state index in [-0.39, 0.29) is 32.0 Å². The lowest BCUT2D eigenvalue weighted by Gasteiger charge is -2.23. The quantitative estimate of drug-likeness (QED) is 0.583. The predicted octanol–water partition coefficient (Wildman–Crippen LogP) is 2.17. The van der Waals surface area contributed by atoms with Crippen LogP contribution < -0.4 is 5.32 Å². The van der Waals surface area contributed by atoms with Gasteiger partial charge in [0, 0.05) is 24.9 Å². The van der Waals surface area contributed by atoms with Crippen molar-refractivity contribution in [2.75, 3.05) is 13.1 Å². The zero-order chi connectivity index (χ0) is 22.3. The number of nitrogens with zero attached hydrogens (tertiary/aromatic N) is 3. The molecule has 9 heteroatoms. The molecule has 1 fully saturated rings. The van der Waals surface area contributed by atoms with Crippen LogP contribution in [0.4, 0.5) is 4.79 Å². The highest BCUT2D eigenvalue weighted by molar-refractivity contribution is 5.86. The molecule has 0 spiro atoms. The molecule has 1 aromatic heterocycles. The van der Waals surface area contributed by atoms with Gasteiger partial charge in [-0.15, -0.1) is 10.2 Å². The first-order valence-electron chi connectivity index (χ1n) is 10.4.